The highest BCUT2D eigenvalue weighted by molar-refractivity contribution is 6.14. The Morgan fingerprint density at radius 3 is 2.31 bits per heavy atom. The van der Waals surface area contributed by atoms with Crippen LogP contribution in [-0.2, 0) is 9.59 Å². The fourth-order valence-electron chi connectivity index (χ4n) is 1.99. The summed E-state index contributed by atoms with van der Waals surface area (Å²) in [5.41, 5.74) is 0. The van der Waals surface area contributed by atoms with E-state index < -0.39 is 11.9 Å². The lowest BCUT2D eigenvalue weighted by Gasteiger charge is -2.34. The third kappa shape index (κ3) is 2.51. The summed E-state index contributed by atoms with van der Waals surface area (Å²) in [5.74, 6) is -0.883. The van der Waals surface area contributed by atoms with Crippen LogP contribution in [0.5, 0.6) is 0 Å². The normalized spacial score (nSPS) is 22.8. The van der Waals surface area contributed by atoms with Gasteiger partial charge in [0.05, 0.1) is 0 Å². The number of amides is 4. The molecule has 2 saturated heterocycles. The first kappa shape index (κ1) is 12.9. The third-order valence-corrected chi connectivity index (χ3v) is 2.72. The summed E-state index contributed by atoms with van der Waals surface area (Å²) in [7, 11) is 0. The maximum Gasteiger partial charge on any atom is 0.331 e. The number of nitrogens with zero attached hydrogens (tertiary/aromatic N) is 1. The topological polar surface area (TPSA) is 78.5 Å². The summed E-state index contributed by atoms with van der Waals surface area (Å²) in [5, 5.41) is 5.32. The van der Waals surface area contributed by atoms with E-state index >= 15 is 0 Å². The highest BCUT2D eigenvalue weighted by Crippen LogP contribution is 2.15. The van der Waals surface area contributed by atoms with Gasteiger partial charge < -0.3 is 5.32 Å². The zero-order chi connectivity index (χ0) is 10.8. The van der Waals surface area contributed by atoms with Gasteiger partial charge in [-0.2, -0.15) is 0 Å². The summed E-state index contributed by atoms with van der Waals surface area (Å²) in [4.78, 5) is 35.1. The minimum atomic E-state index is -0.567. The van der Waals surface area contributed by atoms with Crippen LogP contribution in [0.4, 0.5) is 4.79 Å². The fourth-order valence-corrected chi connectivity index (χ4v) is 1.99. The number of halogens is 1. The molecule has 90 valence electrons. The van der Waals surface area contributed by atoms with Crippen molar-refractivity contribution in [3.05, 3.63) is 0 Å². The first-order valence-electron chi connectivity index (χ1n) is 5.05. The lowest BCUT2D eigenvalue weighted by Crippen LogP contribution is -2.58. The Balaban J connectivity index is 0.00000128. The second-order valence-corrected chi connectivity index (χ2v) is 3.78. The lowest BCUT2D eigenvalue weighted by atomic mass is 10.0. The second kappa shape index (κ2) is 5.27. The molecule has 2 rings (SSSR count). The van der Waals surface area contributed by atoms with E-state index in [-0.39, 0.29) is 30.8 Å². The SMILES string of the molecule is Cl.O=C1CC(=O)N(C2CCNCC2)C(=O)N1. The number of urea groups is 1. The van der Waals surface area contributed by atoms with Gasteiger partial charge in [0, 0.05) is 6.04 Å². The Bertz CT molecular complexity index is 295. The molecular formula is C9H14ClN3O3. The number of imide groups is 2. The first-order chi connectivity index (χ1) is 7.18. The van der Waals surface area contributed by atoms with E-state index in [2.05, 4.69) is 10.6 Å². The maximum absolute atomic E-state index is 11.5. The molecule has 2 N–H and O–H groups in total. The molecule has 2 aliphatic heterocycles. The van der Waals surface area contributed by atoms with Crippen LogP contribution in [0.1, 0.15) is 19.3 Å². The van der Waals surface area contributed by atoms with Gasteiger partial charge in [-0.25, -0.2) is 4.79 Å². The highest BCUT2D eigenvalue weighted by atomic mass is 35.5. The number of barbiturate groups is 1. The molecule has 0 aromatic rings. The largest absolute Gasteiger partial charge is 0.331 e. The molecule has 2 fully saturated rings. The Hall–Kier alpha value is -1.14. The van der Waals surface area contributed by atoms with Gasteiger partial charge in [0.2, 0.25) is 11.8 Å². The molecule has 16 heavy (non-hydrogen) atoms. The van der Waals surface area contributed by atoms with Gasteiger partial charge in [-0.3, -0.25) is 19.8 Å². The predicted octanol–water partition coefficient (Wildman–Crippen LogP) is -0.371. The smallest absolute Gasteiger partial charge is 0.317 e. The molecule has 0 unspecified atom stereocenters. The maximum atomic E-state index is 11.5. The molecule has 6 nitrogen and oxygen atoms in total. The molecule has 0 atom stereocenters. The van der Waals surface area contributed by atoms with Crippen molar-refractivity contribution < 1.29 is 14.4 Å². The minimum Gasteiger partial charge on any atom is -0.317 e. The summed E-state index contributed by atoms with van der Waals surface area (Å²) >= 11 is 0. The summed E-state index contributed by atoms with van der Waals surface area (Å²) < 4.78 is 0. The molecule has 2 aliphatic rings. The van der Waals surface area contributed by atoms with Crippen LogP contribution in [0.15, 0.2) is 0 Å². The van der Waals surface area contributed by atoms with Crippen LogP contribution >= 0.6 is 12.4 Å². The molecule has 7 heteroatoms. The molecule has 0 aromatic heterocycles. The number of carbonyl (C=O) groups is 3. The quantitative estimate of drug-likeness (QED) is 0.620. The summed E-state index contributed by atoms with van der Waals surface area (Å²) in [6.07, 6.45) is 1.30. The van der Waals surface area contributed by atoms with E-state index in [1.165, 1.54) is 4.90 Å². The Kier molecular flexibility index (Phi) is 4.26. The highest BCUT2D eigenvalue weighted by Gasteiger charge is 2.36. The van der Waals surface area contributed by atoms with Gasteiger partial charge in [-0.05, 0) is 25.9 Å². The van der Waals surface area contributed by atoms with Crippen molar-refractivity contribution in [2.75, 3.05) is 13.1 Å². The van der Waals surface area contributed by atoms with Crippen LogP contribution in [0.25, 0.3) is 0 Å². The minimum absolute atomic E-state index is 0. The molecule has 0 radical (unpaired) electrons. The fraction of sp³-hybridized carbons (Fsp3) is 0.667. The van der Waals surface area contributed by atoms with Crippen molar-refractivity contribution in [3.63, 3.8) is 0 Å². The van der Waals surface area contributed by atoms with E-state index in [9.17, 15) is 14.4 Å². The van der Waals surface area contributed by atoms with Crippen LogP contribution in [0, 0.1) is 0 Å². The van der Waals surface area contributed by atoms with Crippen LogP contribution in [0.2, 0.25) is 0 Å². The van der Waals surface area contributed by atoms with E-state index in [0.717, 1.165) is 25.9 Å². The van der Waals surface area contributed by atoms with Crippen molar-refractivity contribution in [2.24, 2.45) is 0 Å². The number of hydrogen-bond acceptors (Lipinski definition) is 4. The van der Waals surface area contributed by atoms with E-state index in [4.69, 9.17) is 0 Å². The molecule has 0 aromatic carbocycles. The Labute approximate surface area is 99.1 Å². The van der Waals surface area contributed by atoms with E-state index in [1.807, 2.05) is 0 Å². The van der Waals surface area contributed by atoms with Gasteiger partial charge >= 0.3 is 6.03 Å². The monoisotopic (exact) mass is 247 g/mol. The van der Waals surface area contributed by atoms with Gasteiger partial charge in [0.15, 0.2) is 0 Å². The number of nitrogens with one attached hydrogen (secondary N) is 2. The van der Waals surface area contributed by atoms with Gasteiger partial charge in [-0.15, -0.1) is 12.4 Å². The third-order valence-electron chi connectivity index (χ3n) is 2.72. The number of piperidine rings is 1. The standard InChI is InChI=1S/C9H13N3O3.ClH/c13-7-5-8(14)12(9(15)11-7)6-1-3-10-4-2-6;/h6,10H,1-5H2,(H,11,13,15);1H. The van der Waals surface area contributed by atoms with Crippen molar-refractivity contribution in [1.29, 1.82) is 0 Å². The van der Waals surface area contributed by atoms with Gasteiger partial charge in [0.25, 0.3) is 0 Å². The zero-order valence-corrected chi connectivity index (χ0v) is 9.51. The lowest BCUT2D eigenvalue weighted by molar-refractivity contribution is -0.138. The molecule has 0 aliphatic carbocycles. The molecular weight excluding hydrogens is 234 g/mol. The average Bonchev–Trinajstić information content (AvgIpc) is 2.17. The van der Waals surface area contributed by atoms with E-state index in [1.54, 1.807) is 0 Å². The van der Waals surface area contributed by atoms with Gasteiger partial charge in [0.1, 0.15) is 6.42 Å². The number of rotatable bonds is 1. The zero-order valence-electron chi connectivity index (χ0n) is 8.69. The van der Waals surface area contributed by atoms with Gasteiger partial charge in [-0.1, -0.05) is 0 Å². The van der Waals surface area contributed by atoms with Crippen molar-refractivity contribution >= 4 is 30.3 Å². The van der Waals surface area contributed by atoms with Crippen LogP contribution in [-0.4, -0.2) is 41.9 Å². The average molecular weight is 248 g/mol. The Morgan fingerprint density at radius 1 is 1.12 bits per heavy atom. The van der Waals surface area contributed by atoms with E-state index in [0.29, 0.717) is 0 Å². The predicted molar refractivity (Wildman–Crippen MR) is 58.1 cm³/mol. The number of carbonyl (C=O) groups excluding carboxylic acids is 3. The molecule has 0 spiro atoms. The molecule has 2 heterocycles. The molecule has 4 amide bonds. The van der Waals surface area contributed by atoms with Crippen molar-refractivity contribution in [2.45, 2.75) is 25.3 Å². The van der Waals surface area contributed by atoms with Crippen LogP contribution in [0.3, 0.4) is 0 Å². The van der Waals surface area contributed by atoms with Crippen molar-refractivity contribution in [1.82, 2.24) is 15.5 Å². The molecule has 0 bridgehead atoms. The van der Waals surface area contributed by atoms with Crippen molar-refractivity contribution in [3.8, 4) is 0 Å². The molecule has 0 saturated carbocycles. The Morgan fingerprint density at radius 2 is 1.75 bits per heavy atom. The number of hydrogen-bond donors (Lipinski definition) is 2. The summed E-state index contributed by atoms with van der Waals surface area (Å²) in [6, 6.07) is -0.630. The van der Waals surface area contributed by atoms with Crippen LogP contribution < -0.4 is 10.6 Å². The second-order valence-electron chi connectivity index (χ2n) is 3.78. The summed E-state index contributed by atoms with van der Waals surface area (Å²) in [6.45, 7) is 1.60. The first-order valence-corrected chi connectivity index (χ1v) is 5.05.